The fraction of sp³-hybridized carbons (Fsp3) is 0.333. The fourth-order valence-electron chi connectivity index (χ4n) is 1.46. The van der Waals surface area contributed by atoms with Gasteiger partial charge in [0.1, 0.15) is 0 Å². The summed E-state index contributed by atoms with van der Waals surface area (Å²) in [6.07, 6.45) is 4.36. The van der Waals surface area contributed by atoms with Gasteiger partial charge in [-0.2, -0.15) is 0 Å². The van der Waals surface area contributed by atoms with Crippen molar-refractivity contribution in [1.29, 1.82) is 0 Å². The Morgan fingerprint density at radius 1 is 1.23 bits per heavy atom. The molecule has 0 unspecified atom stereocenters. The zero-order chi connectivity index (χ0) is 10.5. The first-order chi connectivity index (χ1) is 6.08. The number of allylic oxidation sites excluding steroid dienone is 2. The van der Waals surface area contributed by atoms with Crippen molar-refractivity contribution in [1.82, 2.24) is 0 Å². The molecular weight excluding hydrogens is 158 g/mol. The normalized spacial score (nSPS) is 10.6. The van der Waals surface area contributed by atoms with Crippen molar-refractivity contribution in [2.45, 2.75) is 13.3 Å². The fourth-order valence-corrected chi connectivity index (χ4v) is 1.46. The molecule has 0 fully saturated rings. The SMILES string of the molecule is C=CC(=C)C(CC)(CN)C(=C)C=C. The van der Waals surface area contributed by atoms with E-state index in [1.807, 2.05) is 0 Å². The molecule has 0 radical (unpaired) electrons. The Hall–Kier alpha value is -1.08. The maximum atomic E-state index is 5.75. The van der Waals surface area contributed by atoms with E-state index in [9.17, 15) is 0 Å². The van der Waals surface area contributed by atoms with E-state index in [2.05, 4.69) is 33.2 Å². The predicted molar refractivity (Wildman–Crippen MR) is 60.5 cm³/mol. The second-order valence-corrected chi connectivity index (χ2v) is 3.10. The van der Waals surface area contributed by atoms with Gasteiger partial charge in [-0.3, -0.25) is 0 Å². The average Bonchev–Trinajstić information content (AvgIpc) is 2.19. The van der Waals surface area contributed by atoms with Gasteiger partial charge < -0.3 is 5.73 Å². The summed E-state index contributed by atoms with van der Waals surface area (Å²) in [6, 6.07) is 0. The summed E-state index contributed by atoms with van der Waals surface area (Å²) < 4.78 is 0. The van der Waals surface area contributed by atoms with Gasteiger partial charge in [0.2, 0.25) is 0 Å². The molecule has 13 heavy (non-hydrogen) atoms. The molecule has 0 aliphatic heterocycles. The molecule has 0 rings (SSSR count). The van der Waals surface area contributed by atoms with E-state index in [4.69, 9.17) is 5.73 Å². The molecule has 0 aliphatic carbocycles. The molecule has 1 heteroatoms. The Balaban J connectivity index is 5.12. The molecule has 0 saturated heterocycles. The van der Waals surface area contributed by atoms with Gasteiger partial charge in [-0.15, -0.1) is 0 Å². The average molecular weight is 177 g/mol. The van der Waals surface area contributed by atoms with Gasteiger partial charge in [0, 0.05) is 12.0 Å². The van der Waals surface area contributed by atoms with Crippen LogP contribution in [0.1, 0.15) is 13.3 Å². The lowest BCUT2D eigenvalue weighted by Gasteiger charge is -2.33. The number of hydrogen-bond acceptors (Lipinski definition) is 1. The molecule has 0 heterocycles. The molecule has 0 aromatic carbocycles. The van der Waals surface area contributed by atoms with E-state index in [1.54, 1.807) is 12.2 Å². The monoisotopic (exact) mass is 177 g/mol. The highest BCUT2D eigenvalue weighted by Crippen LogP contribution is 2.37. The van der Waals surface area contributed by atoms with Gasteiger partial charge in [-0.1, -0.05) is 45.4 Å². The van der Waals surface area contributed by atoms with Gasteiger partial charge in [-0.25, -0.2) is 0 Å². The maximum absolute atomic E-state index is 5.75. The number of rotatable bonds is 6. The lowest BCUT2D eigenvalue weighted by Crippen LogP contribution is -2.32. The van der Waals surface area contributed by atoms with E-state index >= 15 is 0 Å². The van der Waals surface area contributed by atoms with Crippen LogP contribution in [0.2, 0.25) is 0 Å². The maximum Gasteiger partial charge on any atom is 0.0310 e. The van der Waals surface area contributed by atoms with Crippen LogP contribution >= 0.6 is 0 Å². The van der Waals surface area contributed by atoms with Crippen LogP contribution in [-0.2, 0) is 0 Å². The minimum Gasteiger partial charge on any atom is -0.329 e. The van der Waals surface area contributed by atoms with Crippen LogP contribution in [0.15, 0.2) is 49.6 Å². The predicted octanol–water partition coefficient (Wildman–Crippen LogP) is 2.83. The number of nitrogens with two attached hydrogens (primary N) is 1. The Labute approximate surface area is 81.3 Å². The molecule has 0 amide bonds. The molecular formula is C12H19N. The zero-order valence-corrected chi connectivity index (χ0v) is 8.47. The van der Waals surface area contributed by atoms with Gasteiger partial charge >= 0.3 is 0 Å². The van der Waals surface area contributed by atoms with E-state index < -0.39 is 0 Å². The van der Waals surface area contributed by atoms with Crippen molar-refractivity contribution < 1.29 is 0 Å². The zero-order valence-electron chi connectivity index (χ0n) is 8.47. The molecule has 72 valence electrons. The van der Waals surface area contributed by atoms with Crippen molar-refractivity contribution in [3.8, 4) is 0 Å². The van der Waals surface area contributed by atoms with Crippen molar-refractivity contribution >= 4 is 0 Å². The minimum absolute atomic E-state index is 0.247. The first kappa shape index (κ1) is 11.9. The van der Waals surface area contributed by atoms with Crippen molar-refractivity contribution in [2.24, 2.45) is 11.1 Å². The smallest absolute Gasteiger partial charge is 0.0310 e. The van der Waals surface area contributed by atoms with E-state index in [0.29, 0.717) is 6.54 Å². The molecule has 0 spiro atoms. The standard InChI is InChI=1S/C12H19N/c1-6-10(4)12(8-3,9-13)11(5)7-2/h6-7H,1-2,4-5,8-9,13H2,3H3. The van der Waals surface area contributed by atoms with Gasteiger partial charge in [0.25, 0.3) is 0 Å². The van der Waals surface area contributed by atoms with Gasteiger partial charge in [-0.05, 0) is 17.6 Å². The summed E-state index contributed by atoms with van der Waals surface area (Å²) in [5.74, 6) is 0. The van der Waals surface area contributed by atoms with Crippen LogP contribution < -0.4 is 5.73 Å². The second-order valence-electron chi connectivity index (χ2n) is 3.10. The van der Waals surface area contributed by atoms with Crippen LogP contribution in [0.5, 0.6) is 0 Å². The highest BCUT2D eigenvalue weighted by molar-refractivity contribution is 5.37. The first-order valence-electron chi connectivity index (χ1n) is 4.42. The van der Waals surface area contributed by atoms with Crippen LogP contribution in [0.3, 0.4) is 0 Å². The largest absolute Gasteiger partial charge is 0.329 e. The van der Waals surface area contributed by atoms with E-state index in [1.165, 1.54) is 0 Å². The summed E-state index contributed by atoms with van der Waals surface area (Å²) in [5, 5.41) is 0. The van der Waals surface area contributed by atoms with E-state index in [-0.39, 0.29) is 5.41 Å². The first-order valence-corrected chi connectivity index (χ1v) is 4.42. The quantitative estimate of drug-likeness (QED) is 0.620. The molecule has 0 aromatic heterocycles. The summed E-state index contributed by atoms with van der Waals surface area (Å²) in [4.78, 5) is 0. The molecule has 1 nitrogen and oxygen atoms in total. The second kappa shape index (κ2) is 4.83. The van der Waals surface area contributed by atoms with Gasteiger partial charge in [0.15, 0.2) is 0 Å². The third kappa shape index (κ3) is 1.99. The van der Waals surface area contributed by atoms with Crippen molar-refractivity contribution in [3.63, 3.8) is 0 Å². The lowest BCUT2D eigenvalue weighted by molar-refractivity contribution is 0.447. The lowest BCUT2D eigenvalue weighted by atomic mass is 9.72. The number of hydrogen-bond donors (Lipinski definition) is 1. The minimum atomic E-state index is -0.247. The Morgan fingerprint density at radius 2 is 1.62 bits per heavy atom. The van der Waals surface area contributed by atoms with Crippen molar-refractivity contribution in [2.75, 3.05) is 6.54 Å². The van der Waals surface area contributed by atoms with Crippen LogP contribution in [-0.4, -0.2) is 6.54 Å². The highest BCUT2D eigenvalue weighted by Gasteiger charge is 2.29. The van der Waals surface area contributed by atoms with Gasteiger partial charge in [0.05, 0.1) is 0 Å². The third-order valence-corrected chi connectivity index (χ3v) is 2.67. The summed E-state index contributed by atoms with van der Waals surface area (Å²) >= 11 is 0. The van der Waals surface area contributed by atoms with Crippen molar-refractivity contribution in [3.05, 3.63) is 49.6 Å². The molecule has 2 N–H and O–H groups in total. The topological polar surface area (TPSA) is 26.0 Å². The third-order valence-electron chi connectivity index (χ3n) is 2.67. The molecule has 0 atom stereocenters. The molecule has 0 saturated carbocycles. The Bertz CT molecular complexity index is 210. The summed E-state index contributed by atoms with van der Waals surface area (Å²) in [7, 11) is 0. The Kier molecular flexibility index (Phi) is 4.43. The summed E-state index contributed by atoms with van der Waals surface area (Å²) in [6.45, 7) is 17.9. The Morgan fingerprint density at radius 3 is 1.77 bits per heavy atom. The van der Waals surface area contributed by atoms with Crippen LogP contribution in [0.4, 0.5) is 0 Å². The molecule has 0 aliphatic rings. The summed E-state index contributed by atoms with van der Waals surface area (Å²) in [5.41, 5.74) is 7.35. The van der Waals surface area contributed by atoms with Crippen LogP contribution in [0, 0.1) is 5.41 Å². The van der Waals surface area contributed by atoms with E-state index in [0.717, 1.165) is 17.6 Å². The molecule has 0 aromatic rings. The highest BCUT2D eigenvalue weighted by atomic mass is 14.6. The van der Waals surface area contributed by atoms with Crippen LogP contribution in [0.25, 0.3) is 0 Å². The molecule has 0 bridgehead atoms.